The van der Waals surface area contributed by atoms with Crippen LogP contribution < -0.4 is 5.73 Å². The number of nitrogens with two attached hydrogens (primary N) is 1. The Bertz CT molecular complexity index is 370. The summed E-state index contributed by atoms with van der Waals surface area (Å²) >= 11 is 0. The molecule has 6 heteroatoms. The molecule has 100 valence electrons. The van der Waals surface area contributed by atoms with Gasteiger partial charge in [-0.25, -0.2) is 8.42 Å². The van der Waals surface area contributed by atoms with Gasteiger partial charge < -0.3 is 15.2 Å². The molecule has 2 N–H and O–H groups in total. The predicted octanol–water partition coefficient (Wildman–Crippen LogP) is 0.292. The maximum absolute atomic E-state index is 11.6. The second-order valence-electron chi connectivity index (χ2n) is 5.10. The summed E-state index contributed by atoms with van der Waals surface area (Å²) in [6, 6.07) is 0. The molecule has 5 nitrogen and oxygen atoms in total. The number of ether oxygens (including phenoxy) is 2. The Morgan fingerprint density at radius 1 is 1.47 bits per heavy atom. The van der Waals surface area contributed by atoms with E-state index in [0.29, 0.717) is 25.3 Å². The maximum atomic E-state index is 11.6. The van der Waals surface area contributed by atoms with Crippen LogP contribution in [-0.4, -0.2) is 45.0 Å². The summed E-state index contributed by atoms with van der Waals surface area (Å²) < 4.78 is 34.8. The van der Waals surface area contributed by atoms with Crippen LogP contribution in [0.5, 0.6) is 0 Å². The third kappa shape index (κ3) is 2.99. The van der Waals surface area contributed by atoms with Crippen molar-refractivity contribution in [1.82, 2.24) is 0 Å². The van der Waals surface area contributed by atoms with Crippen molar-refractivity contribution in [2.45, 2.75) is 38.1 Å². The molecule has 2 saturated heterocycles. The first-order chi connectivity index (χ1) is 7.95. The minimum atomic E-state index is -2.92. The Balaban J connectivity index is 2.02. The van der Waals surface area contributed by atoms with E-state index in [1.54, 1.807) is 0 Å². The highest BCUT2D eigenvalue weighted by Crippen LogP contribution is 2.37. The van der Waals surface area contributed by atoms with Gasteiger partial charge in [0.2, 0.25) is 0 Å². The van der Waals surface area contributed by atoms with Crippen molar-refractivity contribution in [2.75, 3.05) is 24.7 Å². The molecule has 0 aromatic carbocycles. The number of sulfone groups is 1. The van der Waals surface area contributed by atoms with Crippen molar-refractivity contribution in [2.24, 2.45) is 11.7 Å². The van der Waals surface area contributed by atoms with Crippen molar-refractivity contribution in [3.63, 3.8) is 0 Å². The molecule has 0 radical (unpaired) electrons. The summed E-state index contributed by atoms with van der Waals surface area (Å²) in [4.78, 5) is 0. The fourth-order valence-corrected chi connectivity index (χ4v) is 4.49. The average molecular weight is 263 g/mol. The van der Waals surface area contributed by atoms with Crippen molar-refractivity contribution in [1.29, 1.82) is 0 Å². The third-order valence-corrected chi connectivity index (χ3v) is 5.47. The lowest BCUT2D eigenvalue weighted by Crippen LogP contribution is -2.43. The molecular weight excluding hydrogens is 242 g/mol. The Labute approximate surface area is 103 Å². The van der Waals surface area contributed by atoms with Gasteiger partial charge >= 0.3 is 0 Å². The molecule has 0 amide bonds. The van der Waals surface area contributed by atoms with Gasteiger partial charge in [-0.05, 0) is 32.7 Å². The fourth-order valence-electron chi connectivity index (χ4n) is 2.64. The van der Waals surface area contributed by atoms with E-state index in [2.05, 4.69) is 0 Å². The first-order valence-electron chi connectivity index (χ1n) is 6.17. The van der Waals surface area contributed by atoms with Gasteiger partial charge in [0.15, 0.2) is 15.6 Å². The SMILES string of the molecule is CC1(C2CCCS(=O)(=O)C2)OCC(CCN)O1. The summed E-state index contributed by atoms with van der Waals surface area (Å²) in [5.74, 6) is -0.318. The lowest BCUT2D eigenvalue weighted by atomic mass is 9.96. The molecule has 0 saturated carbocycles. The van der Waals surface area contributed by atoms with Crippen LogP contribution in [0, 0.1) is 5.92 Å². The Morgan fingerprint density at radius 2 is 2.24 bits per heavy atom. The average Bonchev–Trinajstić information content (AvgIpc) is 2.61. The second-order valence-corrected chi connectivity index (χ2v) is 7.33. The molecule has 2 rings (SSSR count). The van der Waals surface area contributed by atoms with Crippen LogP contribution >= 0.6 is 0 Å². The van der Waals surface area contributed by atoms with Gasteiger partial charge in [-0.15, -0.1) is 0 Å². The molecule has 0 spiro atoms. The van der Waals surface area contributed by atoms with Crippen LogP contribution in [0.25, 0.3) is 0 Å². The topological polar surface area (TPSA) is 78.6 Å². The lowest BCUT2D eigenvalue weighted by molar-refractivity contribution is -0.188. The summed E-state index contributed by atoms with van der Waals surface area (Å²) in [6.45, 7) is 2.94. The molecule has 2 aliphatic heterocycles. The number of hydrogen-bond acceptors (Lipinski definition) is 5. The van der Waals surface area contributed by atoms with E-state index in [0.717, 1.165) is 12.8 Å². The largest absolute Gasteiger partial charge is 0.347 e. The smallest absolute Gasteiger partial charge is 0.169 e. The lowest BCUT2D eigenvalue weighted by Gasteiger charge is -2.35. The summed E-state index contributed by atoms with van der Waals surface area (Å²) in [5.41, 5.74) is 5.49. The van der Waals surface area contributed by atoms with Crippen LogP contribution in [0.2, 0.25) is 0 Å². The van der Waals surface area contributed by atoms with Gasteiger partial charge in [-0.1, -0.05) is 0 Å². The van der Waals surface area contributed by atoms with Crippen LogP contribution in [0.15, 0.2) is 0 Å². The van der Waals surface area contributed by atoms with Gasteiger partial charge in [0, 0.05) is 5.92 Å². The van der Waals surface area contributed by atoms with Crippen LogP contribution in [0.1, 0.15) is 26.2 Å². The third-order valence-electron chi connectivity index (χ3n) is 3.65. The van der Waals surface area contributed by atoms with E-state index in [4.69, 9.17) is 15.2 Å². The molecule has 3 unspecified atom stereocenters. The first kappa shape index (κ1) is 13.3. The van der Waals surface area contributed by atoms with Gasteiger partial charge in [-0.3, -0.25) is 0 Å². The van der Waals surface area contributed by atoms with E-state index in [9.17, 15) is 8.42 Å². The maximum Gasteiger partial charge on any atom is 0.169 e. The van der Waals surface area contributed by atoms with E-state index >= 15 is 0 Å². The van der Waals surface area contributed by atoms with Crippen LogP contribution in [0.3, 0.4) is 0 Å². The molecule has 17 heavy (non-hydrogen) atoms. The standard InChI is InChI=1S/C11H21NO4S/c1-11(15-7-10(16-11)4-5-12)9-3-2-6-17(13,14)8-9/h9-10H,2-8,12H2,1H3. The van der Waals surface area contributed by atoms with Crippen molar-refractivity contribution in [3.05, 3.63) is 0 Å². The predicted molar refractivity (Wildman–Crippen MR) is 64.3 cm³/mol. The van der Waals surface area contributed by atoms with Crippen LogP contribution in [0.4, 0.5) is 0 Å². The molecule has 0 bridgehead atoms. The van der Waals surface area contributed by atoms with Crippen molar-refractivity contribution in [3.8, 4) is 0 Å². The number of hydrogen-bond donors (Lipinski definition) is 1. The zero-order valence-electron chi connectivity index (χ0n) is 10.2. The van der Waals surface area contributed by atoms with Gasteiger partial charge in [0.1, 0.15) is 0 Å². The first-order valence-corrected chi connectivity index (χ1v) is 7.99. The second kappa shape index (κ2) is 4.84. The van der Waals surface area contributed by atoms with E-state index < -0.39 is 15.6 Å². The highest BCUT2D eigenvalue weighted by atomic mass is 32.2. The van der Waals surface area contributed by atoms with E-state index in [1.165, 1.54) is 0 Å². The van der Waals surface area contributed by atoms with Crippen LogP contribution in [-0.2, 0) is 19.3 Å². The molecule has 2 fully saturated rings. The molecule has 0 aromatic heterocycles. The minimum Gasteiger partial charge on any atom is -0.347 e. The Morgan fingerprint density at radius 3 is 2.88 bits per heavy atom. The summed E-state index contributed by atoms with van der Waals surface area (Å²) in [7, 11) is -2.92. The highest BCUT2D eigenvalue weighted by molar-refractivity contribution is 7.91. The quantitative estimate of drug-likeness (QED) is 0.792. The fraction of sp³-hybridized carbons (Fsp3) is 1.00. The van der Waals surface area contributed by atoms with Gasteiger partial charge in [0.05, 0.1) is 24.2 Å². The monoisotopic (exact) mass is 263 g/mol. The Kier molecular flexibility index (Phi) is 3.77. The number of rotatable bonds is 3. The summed E-state index contributed by atoms with van der Waals surface area (Å²) in [5, 5.41) is 0. The van der Waals surface area contributed by atoms with Crippen molar-refractivity contribution < 1.29 is 17.9 Å². The van der Waals surface area contributed by atoms with Gasteiger partial charge in [-0.2, -0.15) is 0 Å². The van der Waals surface area contributed by atoms with Gasteiger partial charge in [0.25, 0.3) is 0 Å². The molecule has 3 atom stereocenters. The highest BCUT2D eigenvalue weighted by Gasteiger charge is 2.46. The molecule has 2 heterocycles. The van der Waals surface area contributed by atoms with E-state index in [1.807, 2.05) is 6.92 Å². The molecular formula is C11H21NO4S. The molecule has 0 aromatic rings. The molecule has 2 aliphatic rings. The Hall–Kier alpha value is -0.170. The minimum absolute atomic E-state index is 0.00892. The molecule has 0 aliphatic carbocycles. The summed E-state index contributed by atoms with van der Waals surface area (Å²) in [6.07, 6.45) is 2.33. The van der Waals surface area contributed by atoms with E-state index in [-0.39, 0.29) is 17.8 Å². The normalized spacial score (nSPS) is 41.5. The van der Waals surface area contributed by atoms with Crippen molar-refractivity contribution >= 4 is 9.84 Å². The zero-order chi connectivity index (χ0) is 12.5. The zero-order valence-corrected chi connectivity index (χ0v) is 11.0.